The lowest BCUT2D eigenvalue weighted by molar-refractivity contribution is 0.338. The van der Waals surface area contributed by atoms with Crippen LogP contribution in [0.25, 0.3) is 0 Å². The van der Waals surface area contributed by atoms with Crippen molar-refractivity contribution in [1.82, 2.24) is 0 Å². The molecule has 6 heavy (non-hydrogen) atoms. The standard InChI is InChI=1S/C4H12OSi/c1-3-4-5-6-2/h3-4,6H2,1-2H3. The lowest BCUT2D eigenvalue weighted by Crippen LogP contribution is -1.92. The van der Waals surface area contributed by atoms with Gasteiger partial charge < -0.3 is 4.43 Å². The van der Waals surface area contributed by atoms with E-state index < -0.39 is 0 Å². The first-order valence-corrected chi connectivity index (χ1v) is 4.48. The van der Waals surface area contributed by atoms with Gasteiger partial charge in [-0.3, -0.25) is 0 Å². The van der Waals surface area contributed by atoms with Crippen LogP contribution < -0.4 is 0 Å². The van der Waals surface area contributed by atoms with E-state index in [1.54, 1.807) is 0 Å². The van der Waals surface area contributed by atoms with Gasteiger partial charge in [0.15, 0.2) is 9.76 Å². The maximum absolute atomic E-state index is 5.12. The van der Waals surface area contributed by atoms with Crippen molar-refractivity contribution in [1.29, 1.82) is 0 Å². The highest BCUT2D eigenvalue weighted by molar-refractivity contribution is 6.24. The molecule has 0 fully saturated rings. The second-order valence-corrected chi connectivity index (χ2v) is 2.18. The molecule has 0 aliphatic heterocycles. The quantitative estimate of drug-likeness (QED) is 0.375. The molecule has 0 atom stereocenters. The Hall–Kier alpha value is 0.177. The Morgan fingerprint density at radius 1 is 1.67 bits per heavy atom. The predicted octanol–water partition coefficient (Wildman–Crippen LogP) is 0.545. The fourth-order valence-corrected chi connectivity index (χ4v) is 0.866. The molecule has 38 valence electrons. The highest BCUT2D eigenvalue weighted by Crippen LogP contribution is 1.74. The Morgan fingerprint density at radius 3 is 2.50 bits per heavy atom. The van der Waals surface area contributed by atoms with Crippen LogP contribution >= 0.6 is 0 Å². The Morgan fingerprint density at radius 2 is 2.33 bits per heavy atom. The summed E-state index contributed by atoms with van der Waals surface area (Å²) in [6, 6.07) is 0. The smallest absolute Gasteiger partial charge is 0.158 e. The van der Waals surface area contributed by atoms with E-state index in [9.17, 15) is 0 Å². The Bertz CT molecular complexity index is 19.5. The molecule has 0 N–H and O–H groups in total. The van der Waals surface area contributed by atoms with Crippen molar-refractivity contribution in [2.24, 2.45) is 0 Å². The third-order valence-electron chi connectivity index (χ3n) is 0.553. The van der Waals surface area contributed by atoms with Gasteiger partial charge in [-0.05, 0) is 6.42 Å². The molecule has 0 aromatic carbocycles. The fourth-order valence-electron chi connectivity index (χ4n) is 0.289. The van der Waals surface area contributed by atoms with Crippen molar-refractivity contribution < 1.29 is 4.43 Å². The van der Waals surface area contributed by atoms with Gasteiger partial charge in [-0.2, -0.15) is 0 Å². The third-order valence-corrected chi connectivity index (χ3v) is 1.25. The van der Waals surface area contributed by atoms with E-state index in [-0.39, 0.29) is 9.76 Å². The number of hydrogen-bond acceptors (Lipinski definition) is 1. The molecular weight excluding hydrogens is 92.1 g/mol. The van der Waals surface area contributed by atoms with Crippen LogP contribution in [0.2, 0.25) is 6.55 Å². The first-order valence-electron chi connectivity index (χ1n) is 2.49. The van der Waals surface area contributed by atoms with Crippen LogP contribution in [-0.2, 0) is 4.43 Å². The minimum atomic E-state index is -0.0970. The molecule has 0 saturated carbocycles. The molecule has 0 radical (unpaired) electrons. The minimum absolute atomic E-state index is 0.0970. The molecule has 0 aromatic rings. The van der Waals surface area contributed by atoms with Gasteiger partial charge in [0.2, 0.25) is 0 Å². The zero-order valence-corrected chi connectivity index (χ0v) is 5.94. The third kappa shape index (κ3) is 4.18. The van der Waals surface area contributed by atoms with Crippen LogP contribution in [0.4, 0.5) is 0 Å². The van der Waals surface area contributed by atoms with E-state index in [1.165, 1.54) is 6.42 Å². The molecule has 0 heterocycles. The molecule has 0 aliphatic rings. The Labute approximate surface area is 41.6 Å². The molecule has 0 aliphatic carbocycles. The van der Waals surface area contributed by atoms with Crippen LogP contribution in [0.5, 0.6) is 0 Å². The molecule has 2 heteroatoms. The van der Waals surface area contributed by atoms with Crippen LogP contribution in [0.15, 0.2) is 0 Å². The summed E-state index contributed by atoms with van der Waals surface area (Å²) < 4.78 is 5.12. The average Bonchev–Trinajstić information content (AvgIpc) is 1.61. The monoisotopic (exact) mass is 104 g/mol. The summed E-state index contributed by atoms with van der Waals surface area (Å²) in [5.41, 5.74) is 0. The van der Waals surface area contributed by atoms with Crippen molar-refractivity contribution in [3.63, 3.8) is 0 Å². The fraction of sp³-hybridized carbons (Fsp3) is 1.00. The van der Waals surface area contributed by atoms with Crippen LogP contribution in [0.3, 0.4) is 0 Å². The molecule has 0 saturated heterocycles. The van der Waals surface area contributed by atoms with Crippen LogP contribution in [0, 0.1) is 0 Å². The highest BCUT2D eigenvalue weighted by Gasteiger charge is 1.73. The van der Waals surface area contributed by atoms with Crippen molar-refractivity contribution in [2.75, 3.05) is 6.61 Å². The molecule has 0 aromatic heterocycles. The van der Waals surface area contributed by atoms with E-state index in [0.717, 1.165) is 6.61 Å². The SMILES string of the molecule is CCCO[SiH2]C. The molecule has 0 spiro atoms. The Kier molecular flexibility index (Phi) is 5.33. The van der Waals surface area contributed by atoms with Gasteiger partial charge >= 0.3 is 0 Å². The number of rotatable bonds is 3. The number of hydrogen-bond donors (Lipinski definition) is 0. The second-order valence-electron chi connectivity index (χ2n) is 1.20. The molecule has 0 amide bonds. The van der Waals surface area contributed by atoms with Crippen LogP contribution in [0.1, 0.15) is 13.3 Å². The second kappa shape index (κ2) is 5.18. The first kappa shape index (κ1) is 6.18. The summed E-state index contributed by atoms with van der Waals surface area (Å²) in [6.45, 7) is 5.25. The maximum atomic E-state index is 5.12. The van der Waals surface area contributed by atoms with E-state index >= 15 is 0 Å². The molecule has 0 unspecified atom stereocenters. The molecule has 0 bridgehead atoms. The molecule has 0 rings (SSSR count). The first-order chi connectivity index (χ1) is 2.91. The van der Waals surface area contributed by atoms with Crippen LogP contribution in [-0.4, -0.2) is 16.4 Å². The topological polar surface area (TPSA) is 9.23 Å². The van der Waals surface area contributed by atoms with Gasteiger partial charge in [0.1, 0.15) is 0 Å². The summed E-state index contributed by atoms with van der Waals surface area (Å²) in [5.74, 6) is 0. The minimum Gasteiger partial charge on any atom is -0.424 e. The zero-order chi connectivity index (χ0) is 4.83. The summed E-state index contributed by atoms with van der Waals surface area (Å²) >= 11 is 0. The van der Waals surface area contributed by atoms with Crippen molar-refractivity contribution in [3.8, 4) is 0 Å². The van der Waals surface area contributed by atoms with Crippen molar-refractivity contribution in [2.45, 2.75) is 19.9 Å². The van der Waals surface area contributed by atoms with Gasteiger partial charge in [0, 0.05) is 6.61 Å². The van der Waals surface area contributed by atoms with E-state index in [4.69, 9.17) is 4.43 Å². The van der Waals surface area contributed by atoms with E-state index in [0.29, 0.717) is 0 Å². The summed E-state index contributed by atoms with van der Waals surface area (Å²) in [4.78, 5) is 0. The van der Waals surface area contributed by atoms with E-state index in [1.807, 2.05) is 0 Å². The lowest BCUT2D eigenvalue weighted by atomic mass is 10.5. The zero-order valence-electron chi connectivity index (χ0n) is 4.53. The van der Waals surface area contributed by atoms with Crippen molar-refractivity contribution >= 4 is 9.76 Å². The lowest BCUT2D eigenvalue weighted by Gasteiger charge is -1.91. The predicted molar refractivity (Wildman–Crippen MR) is 30.7 cm³/mol. The summed E-state index contributed by atoms with van der Waals surface area (Å²) in [5, 5.41) is 0. The van der Waals surface area contributed by atoms with Gasteiger partial charge in [-0.25, -0.2) is 0 Å². The van der Waals surface area contributed by atoms with E-state index in [2.05, 4.69) is 13.5 Å². The molecular formula is C4H12OSi. The normalized spacial score (nSPS) is 11.0. The average molecular weight is 104 g/mol. The highest BCUT2D eigenvalue weighted by atomic mass is 28.2. The van der Waals surface area contributed by atoms with Gasteiger partial charge in [0.25, 0.3) is 0 Å². The van der Waals surface area contributed by atoms with Gasteiger partial charge in [-0.1, -0.05) is 13.5 Å². The molecule has 1 nitrogen and oxygen atoms in total. The largest absolute Gasteiger partial charge is 0.424 e. The summed E-state index contributed by atoms with van der Waals surface area (Å²) in [6.07, 6.45) is 1.17. The van der Waals surface area contributed by atoms with Gasteiger partial charge in [0.05, 0.1) is 0 Å². The summed E-state index contributed by atoms with van der Waals surface area (Å²) in [7, 11) is -0.0970. The Balaban J connectivity index is 2.34. The van der Waals surface area contributed by atoms with Crippen molar-refractivity contribution in [3.05, 3.63) is 0 Å². The van der Waals surface area contributed by atoms with Gasteiger partial charge in [-0.15, -0.1) is 0 Å². The maximum Gasteiger partial charge on any atom is 0.158 e.